The molecular formula is C28H31N3O6. The van der Waals surface area contributed by atoms with Crippen LogP contribution in [0, 0.1) is 0 Å². The van der Waals surface area contributed by atoms with Crippen LogP contribution in [0.1, 0.15) is 36.2 Å². The number of carbonyl (C=O) groups excluding carboxylic acids is 2. The molecule has 0 atom stereocenters. The van der Waals surface area contributed by atoms with Gasteiger partial charge < -0.3 is 24.3 Å². The second-order valence-corrected chi connectivity index (χ2v) is 7.76. The molecular weight excluding hydrogens is 474 g/mol. The van der Waals surface area contributed by atoms with Crippen LogP contribution in [0.15, 0.2) is 71.8 Å². The summed E-state index contributed by atoms with van der Waals surface area (Å²) in [5, 5.41) is 6.79. The number of anilines is 1. The molecule has 0 bridgehead atoms. The van der Waals surface area contributed by atoms with Gasteiger partial charge in [0.15, 0.2) is 29.6 Å². The van der Waals surface area contributed by atoms with E-state index in [1.54, 1.807) is 48.5 Å². The lowest BCUT2D eigenvalue weighted by Crippen LogP contribution is -2.20. The second-order valence-electron chi connectivity index (χ2n) is 7.76. The molecule has 0 saturated carbocycles. The number of ether oxygens (including phenoxy) is 4. The Bertz CT molecular complexity index is 1210. The molecule has 0 aliphatic carbocycles. The zero-order valence-corrected chi connectivity index (χ0v) is 21.2. The maximum Gasteiger partial charge on any atom is 0.271 e. The molecule has 3 aromatic carbocycles. The molecule has 9 nitrogen and oxygen atoms in total. The van der Waals surface area contributed by atoms with Gasteiger partial charge in [0.05, 0.1) is 26.5 Å². The topological polar surface area (TPSA) is 107 Å². The maximum absolute atomic E-state index is 12.6. The van der Waals surface area contributed by atoms with Gasteiger partial charge in [-0.25, -0.2) is 5.43 Å². The molecule has 0 aliphatic heterocycles. The van der Waals surface area contributed by atoms with Crippen molar-refractivity contribution in [2.75, 3.05) is 32.2 Å². The maximum atomic E-state index is 12.6. The van der Waals surface area contributed by atoms with E-state index in [-0.39, 0.29) is 12.5 Å². The van der Waals surface area contributed by atoms with Crippen LogP contribution in [0.4, 0.5) is 5.69 Å². The zero-order chi connectivity index (χ0) is 26.5. The molecule has 0 radical (unpaired) electrons. The lowest BCUT2D eigenvalue weighted by atomic mass is 10.2. The fraction of sp³-hybridized carbons (Fsp3) is 0.250. The minimum absolute atomic E-state index is 0.180. The number of nitrogens with one attached hydrogen (secondary N) is 2. The monoisotopic (exact) mass is 505 g/mol. The van der Waals surface area contributed by atoms with Gasteiger partial charge >= 0.3 is 0 Å². The Morgan fingerprint density at radius 3 is 2.35 bits per heavy atom. The van der Waals surface area contributed by atoms with Crippen molar-refractivity contribution in [3.05, 3.63) is 77.9 Å². The molecule has 0 spiro atoms. The van der Waals surface area contributed by atoms with E-state index in [1.165, 1.54) is 13.3 Å². The van der Waals surface area contributed by atoms with E-state index in [0.29, 0.717) is 53.0 Å². The normalized spacial score (nSPS) is 10.6. The van der Waals surface area contributed by atoms with Crippen molar-refractivity contribution in [1.82, 2.24) is 5.43 Å². The average Bonchev–Trinajstić information content (AvgIpc) is 2.92. The fourth-order valence-electron chi connectivity index (χ4n) is 3.22. The summed E-state index contributed by atoms with van der Waals surface area (Å²) < 4.78 is 22.3. The minimum atomic E-state index is -0.393. The van der Waals surface area contributed by atoms with Gasteiger partial charge in [0.2, 0.25) is 0 Å². The number of amides is 2. The highest BCUT2D eigenvalue weighted by Crippen LogP contribution is 2.29. The molecule has 0 heterocycles. The van der Waals surface area contributed by atoms with Gasteiger partial charge in [0.25, 0.3) is 11.8 Å². The summed E-state index contributed by atoms with van der Waals surface area (Å²) >= 11 is 0. The van der Waals surface area contributed by atoms with Crippen LogP contribution >= 0.6 is 0 Å². The molecule has 0 fully saturated rings. The predicted octanol–water partition coefficient (Wildman–Crippen LogP) is 4.66. The number of carbonyl (C=O) groups is 2. The van der Waals surface area contributed by atoms with Crippen LogP contribution in [0.25, 0.3) is 0 Å². The number of hydrazone groups is 1. The molecule has 194 valence electrons. The lowest BCUT2D eigenvalue weighted by Gasteiger charge is -2.12. The molecule has 3 rings (SSSR count). The summed E-state index contributed by atoms with van der Waals surface area (Å²) in [6.07, 6.45) is 2.35. The fourth-order valence-corrected chi connectivity index (χ4v) is 3.22. The quantitative estimate of drug-likeness (QED) is 0.258. The van der Waals surface area contributed by atoms with Gasteiger partial charge in [0.1, 0.15) is 0 Å². The molecule has 0 saturated heterocycles. The van der Waals surface area contributed by atoms with Gasteiger partial charge in [-0.15, -0.1) is 0 Å². The van der Waals surface area contributed by atoms with Gasteiger partial charge in [-0.2, -0.15) is 5.10 Å². The minimum Gasteiger partial charge on any atom is -0.493 e. The second kappa shape index (κ2) is 14.1. The molecule has 0 aromatic heterocycles. The zero-order valence-electron chi connectivity index (χ0n) is 21.2. The molecule has 0 aliphatic rings. The van der Waals surface area contributed by atoms with Crippen molar-refractivity contribution < 1.29 is 28.5 Å². The summed E-state index contributed by atoms with van der Waals surface area (Å²) in [6.45, 7) is 4.71. The Labute approximate surface area is 216 Å². The Kier molecular flexibility index (Phi) is 10.3. The summed E-state index contributed by atoms with van der Waals surface area (Å²) in [6, 6.07) is 19.2. The largest absolute Gasteiger partial charge is 0.493 e. The number of methoxy groups -OCH3 is 1. The van der Waals surface area contributed by atoms with Crippen LogP contribution in [0.2, 0.25) is 0 Å². The summed E-state index contributed by atoms with van der Waals surface area (Å²) in [5.41, 5.74) is 4.24. The number of nitrogens with zero attached hydrogens (tertiary/aromatic N) is 1. The molecule has 37 heavy (non-hydrogen) atoms. The summed E-state index contributed by atoms with van der Waals surface area (Å²) in [4.78, 5) is 24.7. The number of para-hydroxylation sites is 1. The summed E-state index contributed by atoms with van der Waals surface area (Å²) in [5.74, 6) is 1.24. The highest BCUT2D eigenvalue weighted by molar-refractivity contribution is 5.95. The predicted molar refractivity (Wildman–Crippen MR) is 142 cm³/mol. The first-order valence-corrected chi connectivity index (χ1v) is 11.9. The van der Waals surface area contributed by atoms with Crippen LogP contribution in [0.5, 0.6) is 23.0 Å². The van der Waals surface area contributed by atoms with Gasteiger partial charge in [-0.1, -0.05) is 25.1 Å². The van der Waals surface area contributed by atoms with Crippen LogP contribution in [-0.4, -0.2) is 45.0 Å². The Morgan fingerprint density at radius 2 is 1.62 bits per heavy atom. The van der Waals surface area contributed by atoms with E-state index in [1.807, 2.05) is 32.0 Å². The first kappa shape index (κ1) is 27.1. The van der Waals surface area contributed by atoms with Crippen LogP contribution < -0.4 is 29.7 Å². The highest BCUT2D eigenvalue weighted by atomic mass is 16.5. The molecule has 2 N–H and O–H groups in total. The molecule has 9 heteroatoms. The Morgan fingerprint density at radius 1 is 0.865 bits per heavy atom. The number of benzene rings is 3. The van der Waals surface area contributed by atoms with Crippen molar-refractivity contribution in [1.29, 1.82) is 0 Å². The Balaban J connectivity index is 1.58. The number of hydrogen-bond donors (Lipinski definition) is 2. The van der Waals surface area contributed by atoms with Crippen molar-refractivity contribution >= 4 is 23.7 Å². The lowest BCUT2D eigenvalue weighted by molar-refractivity contribution is -0.118. The molecule has 3 aromatic rings. The van der Waals surface area contributed by atoms with E-state index in [4.69, 9.17) is 18.9 Å². The van der Waals surface area contributed by atoms with E-state index >= 15 is 0 Å². The highest BCUT2D eigenvalue weighted by Gasteiger charge is 2.12. The van der Waals surface area contributed by atoms with E-state index < -0.39 is 5.91 Å². The van der Waals surface area contributed by atoms with Crippen molar-refractivity contribution in [3.8, 4) is 23.0 Å². The third-order valence-electron chi connectivity index (χ3n) is 4.95. The third kappa shape index (κ3) is 8.28. The SMILES string of the molecule is CCCOc1ccc(C(=O)N/N=C/c2ccc(OCC(=O)Nc3ccccc3)c(OC)c2)cc1OCC. The number of hydrogen-bond acceptors (Lipinski definition) is 7. The van der Waals surface area contributed by atoms with Crippen molar-refractivity contribution in [2.45, 2.75) is 20.3 Å². The van der Waals surface area contributed by atoms with E-state index in [2.05, 4.69) is 15.8 Å². The van der Waals surface area contributed by atoms with Gasteiger partial charge in [0, 0.05) is 11.3 Å². The standard InChI is InChI=1S/C28H31N3O6/c1-4-15-36-24-14-12-21(17-26(24)35-5-2)28(33)31-29-18-20-11-13-23(25(16-20)34-3)37-19-27(32)30-22-9-7-6-8-10-22/h6-14,16-18H,4-5,15,19H2,1-3H3,(H,30,32)(H,31,33)/b29-18+. The van der Waals surface area contributed by atoms with Crippen molar-refractivity contribution in [3.63, 3.8) is 0 Å². The third-order valence-corrected chi connectivity index (χ3v) is 4.95. The van der Waals surface area contributed by atoms with Crippen LogP contribution in [-0.2, 0) is 4.79 Å². The molecule has 0 unspecified atom stereocenters. The van der Waals surface area contributed by atoms with Gasteiger partial charge in [-0.05, 0) is 67.4 Å². The smallest absolute Gasteiger partial charge is 0.271 e. The van der Waals surface area contributed by atoms with Crippen LogP contribution in [0.3, 0.4) is 0 Å². The first-order valence-electron chi connectivity index (χ1n) is 11.9. The van der Waals surface area contributed by atoms with E-state index in [9.17, 15) is 9.59 Å². The van der Waals surface area contributed by atoms with Crippen molar-refractivity contribution in [2.24, 2.45) is 5.10 Å². The first-order chi connectivity index (χ1) is 18.0. The molecule has 2 amide bonds. The number of rotatable bonds is 13. The van der Waals surface area contributed by atoms with Gasteiger partial charge in [-0.3, -0.25) is 9.59 Å². The van der Waals surface area contributed by atoms with E-state index in [0.717, 1.165) is 6.42 Å². The Hall–Kier alpha value is -4.53. The average molecular weight is 506 g/mol. The summed E-state index contributed by atoms with van der Waals surface area (Å²) in [7, 11) is 1.50.